The van der Waals surface area contributed by atoms with Crippen LogP contribution < -0.4 is 0 Å². The minimum Gasteiger partial charge on any atom is -0.388 e. The van der Waals surface area contributed by atoms with E-state index in [1.807, 2.05) is 0 Å². The van der Waals surface area contributed by atoms with Gasteiger partial charge in [-0.3, -0.25) is 0 Å². The number of hydrogen-bond donors (Lipinski definition) is 1. The predicted molar refractivity (Wildman–Crippen MR) is 72.4 cm³/mol. The van der Waals surface area contributed by atoms with Gasteiger partial charge in [0, 0.05) is 0 Å². The van der Waals surface area contributed by atoms with Crippen LogP contribution in [-0.4, -0.2) is 5.11 Å². The Morgan fingerprint density at radius 2 is 1.94 bits per heavy atom. The van der Waals surface area contributed by atoms with E-state index in [-0.39, 0.29) is 6.10 Å². The first kappa shape index (κ1) is 11.0. The molecule has 18 heavy (non-hydrogen) atoms. The third-order valence-corrected chi connectivity index (χ3v) is 5.66. The highest BCUT2D eigenvalue weighted by Crippen LogP contribution is 2.52. The summed E-state index contributed by atoms with van der Waals surface area (Å²) in [4.78, 5) is 0. The molecule has 1 heteroatoms. The lowest BCUT2D eigenvalue weighted by molar-refractivity contribution is 0.0744. The van der Waals surface area contributed by atoms with E-state index in [2.05, 4.69) is 18.2 Å². The summed E-state index contributed by atoms with van der Waals surface area (Å²) in [5.74, 6) is 2.27. The summed E-state index contributed by atoms with van der Waals surface area (Å²) >= 11 is 0. The van der Waals surface area contributed by atoms with E-state index < -0.39 is 0 Å². The fourth-order valence-electron chi connectivity index (χ4n) is 4.70. The van der Waals surface area contributed by atoms with E-state index >= 15 is 0 Å². The number of aliphatic hydroxyl groups excluding tert-OH is 1. The largest absolute Gasteiger partial charge is 0.388 e. The third-order valence-electron chi connectivity index (χ3n) is 5.66. The van der Waals surface area contributed by atoms with Crippen LogP contribution in [0.5, 0.6) is 0 Å². The lowest BCUT2D eigenvalue weighted by atomic mass is 9.81. The Morgan fingerprint density at radius 1 is 1.06 bits per heavy atom. The van der Waals surface area contributed by atoms with Crippen molar-refractivity contribution < 1.29 is 5.11 Å². The highest BCUT2D eigenvalue weighted by Gasteiger charge is 2.43. The number of fused-ring (bicyclic) bond motifs is 3. The molecule has 4 rings (SSSR count). The molecule has 0 aromatic heterocycles. The second-order valence-electron chi connectivity index (χ2n) is 6.67. The second kappa shape index (κ2) is 4.09. The minimum absolute atomic E-state index is 0.203. The second-order valence-corrected chi connectivity index (χ2v) is 6.67. The van der Waals surface area contributed by atoms with Gasteiger partial charge in [0.2, 0.25) is 0 Å². The van der Waals surface area contributed by atoms with Crippen molar-refractivity contribution in [2.75, 3.05) is 0 Å². The zero-order valence-corrected chi connectivity index (χ0v) is 10.9. The molecule has 2 fully saturated rings. The van der Waals surface area contributed by atoms with E-state index in [9.17, 15) is 5.11 Å². The Balaban J connectivity index is 1.59. The van der Waals surface area contributed by atoms with E-state index in [0.29, 0.717) is 5.92 Å². The molecule has 0 radical (unpaired) electrons. The molecule has 1 nitrogen and oxygen atoms in total. The zero-order chi connectivity index (χ0) is 12.1. The number of aryl methyl sites for hydroxylation is 2. The summed E-state index contributed by atoms with van der Waals surface area (Å²) in [5.41, 5.74) is 4.20. The van der Waals surface area contributed by atoms with Crippen LogP contribution in [0.1, 0.15) is 54.9 Å². The van der Waals surface area contributed by atoms with E-state index in [1.165, 1.54) is 61.6 Å². The summed E-state index contributed by atoms with van der Waals surface area (Å²) in [6.45, 7) is 0. The van der Waals surface area contributed by atoms with Crippen LogP contribution >= 0.6 is 0 Å². The van der Waals surface area contributed by atoms with Gasteiger partial charge < -0.3 is 5.11 Å². The Hall–Kier alpha value is -0.820. The average molecular weight is 242 g/mol. The van der Waals surface area contributed by atoms with Crippen molar-refractivity contribution in [3.05, 3.63) is 34.9 Å². The van der Waals surface area contributed by atoms with Gasteiger partial charge in [-0.25, -0.2) is 0 Å². The topological polar surface area (TPSA) is 20.2 Å². The molecule has 0 heterocycles. The quantitative estimate of drug-likeness (QED) is 0.839. The van der Waals surface area contributed by atoms with Crippen molar-refractivity contribution in [2.45, 2.75) is 51.0 Å². The van der Waals surface area contributed by atoms with Crippen LogP contribution in [0.4, 0.5) is 0 Å². The van der Waals surface area contributed by atoms with Gasteiger partial charge in [-0.2, -0.15) is 0 Å². The van der Waals surface area contributed by atoms with Crippen molar-refractivity contribution in [2.24, 2.45) is 17.8 Å². The van der Waals surface area contributed by atoms with Gasteiger partial charge in [-0.15, -0.1) is 0 Å². The molecule has 0 amide bonds. The molecule has 4 atom stereocenters. The Morgan fingerprint density at radius 3 is 2.72 bits per heavy atom. The molecule has 4 unspecified atom stereocenters. The van der Waals surface area contributed by atoms with E-state index in [0.717, 1.165) is 11.8 Å². The maximum atomic E-state index is 10.7. The first-order valence-corrected chi connectivity index (χ1v) is 7.61. The smallest absolute Gasteiger partial charge is 0.0821 e. The van der Waals surface area contributed by atoms with Gasteiger partial charge in [0.25, 0.3) is 0 Å². The molecule has 0 saturated heterocycles. The molecular formula is C17H22O. The van der Waals surface area contributed by atoms with Gasteiger partial charge >= 0.3 is 0 Å². The summed E-state index contributed by atoms with van der Waals surface area (Å²) < 4.78 is 0. The van der Waals surface area contributed by atoms with Crippen molar-refractivity contribution >= 4 is 0 Å². The number of rotatable bonds is 2. The summed E-state index contributed by atoms with van der Waals surface area (Å²) in [6.07, 6.45) is 8.96. The molecule has 3 aliphatic carbocycles. The molecule has 1 aromatic rings. The van der Waals surface area contributed by atoms with Crippen LogP contribution in [0.25, 0.3) is 0 Å². The van der Waals surface area contributed by atoms with Crippen molar-refractivity contribution in [3.8, 4) is 0 Å². The van der Waals surface area contributed by atoms with Gasteiger partial charge in [0.05, 0.1) is 6.10 Å². The van der Waals surface area contributed by atoms with Crippen LogP contribution in [0, 0.1) is 17.8 Å². The SMILES string of the molecule is OC(c1ccc2c(c1)CCC2)C1CC2CCC1C2. The monoisotopic (exact) mass is 242 g/mol. The summed E-state index contributed by atoms with van der Waals surface area (Å²) in [7, 11) is 0. The first-order chi connectivity index (χ1) is 8.81. The molecule has 96 valence electrons. The molecule has 0 aliphatic heterocycles. The molecule has 0 spiro atoms. The fraction of sp³-hybridized carbons (Fsp3) is 0.647. The number of aliphatic hydroxyl groups is 1. The van der Waals surface area contributed by atoms with E-state index in [1.54, 1.807) is 0 Å². The molecule has 2 saturated carbocycles. The van der Waals surface area contributed by atoms with Gasteiger partial charge in [0.1, 0.15) is 0 Å². The Labute approximate surface area is 109 Å². The normalized spacial score (nSPS) is 34.8. The average Bonchev–Trinajstić information content (AvgIpc) is 3.12. The highest BCUT2D eigenvalue weighted by molar-refractivity contribution is 5.36. The fourth-order valence-corrected chi connectivity index (χ4v) is 4.70. The van der Waals surface area contributed by atoms with Crippen molar-refractivity contribution in [1.29, 1.82) is 0 Å². The predicted octanol–water partition coefficient (Wildman–Crippen LogP) is 3.64. The Kier molecular flexibility index (Phi) is 2.51. The molecule has 1 aromatic carbocycles. The Bertz CT molecular complexity index is 465. The molecular weight excluding hydrogens is 220 g/mol. The zero-order valence-electron chi connectivity index (χ0n) is 10.9. The lowest BCUT2D eigenvalue weighted by Gasteiger charge is -2.27. The minimum atomic E-state index is -0.203. The van der Waals surface area contributed by atoms with Crippen molar-refractivity contribution in [3.63, 3.8) is 0 Å². The first-order valence-electron chi connectivity index (χ1n) is 7.61. The van der Waals surface area contributed by atoms with Gasteiger partial charge in [-0.05, 0) is 73.0 Å². The van der Waals surface area contributed by atoms with Gasteiger partial charge in [-0.1, -0.05) is 24.6 Å². The van der Waals surface area contributed by atoms with Crippen LogP contribution in [0.3, 0.4) is 0 Å². The number of benzene rings is 1. The van der Waals surface area contributed by atoms with Crippen LogP contribution in [0.2, 0.25) is 0 Å². The molecule has 2 bridgehead atoms. The highest BCUT2D eigenvalue weighted by atomic mass is 16.3. The molecule has 3 aliphatic rings. The summed E-state index contributed by atoms with van der Waals surface area (Å²) in [6, 6.07) is 6.73. The van der Waals surface area contributed by atoms with E-state index in [4.69, 9.17) is 0 Å². The van der Waals surface area contributed by atoms with Gasteiger partial charge in [0.15, 0.2) is 0 Å². The maximum Gasteiger partial charge on any atom is 0.0821 e. The third kappa shape index (κ3) is 1.64. The lowest BCUT2D eigenvalue weighted by Crippen LogP contribution is -2.19. The van der Waals surface area contributed by atoms with Crippen LogP contribution in [-0.2, 0) is 12.8 Å². The molecule has 1 N–H and O–H groups in total. The van der Waals surface area contributed by atoms with Crippen LogP contribution in [0.15, 0.2) is 18.2 Å². The maximum absolute atomic E-state index is 10.7. The summed E-state index contributed by atoms with van der Waals surface area (Å²) in [5, 5.41) is 10.7. The number of hydrogen-bond acceptors (Lipinski definition) is 1. The standard InChI is InChI=1S/C17H22O/c18-17(16-9-11-4-5-14(16)8-11)15-7-6-12-2-1-3-13(12)10-15/h6-7,10-11,14,16-18H,1-5,8-9H2. The van der Waals surface area contributed by atoms with Crippen molar-refractivity contribution in [1.82, 2.24) is 0 Å².